The van der Waals surface area contributed by atoms with Crippen molar-refractivity contribution in [2.24, 2.45) is 63.1 Å². The lowest BCUT2D eigenvalue weighted by Gasteiger charge is -2.30. The Morgan fingerprint density at radius 3 is 1.23 bits per heavy atom. The van der Waals surface area contributed by atoms with E-state index in [2.05, 4.69) is 52.8 Å². The number of ether oxygens (including phenoxy) is 1. The first-order valence-corrected chi connectivity index (χ1v) is 27.9. The zero-order valence-corrected chi connectivity index (χ0v) is 49.0. The molecule has 0 aromatic heterocycles. The fraction of sp³-hybridized carbons (Fsp3) is 0.788. The Balaban J connectivity index is 7.00. The number of nitrogens with one attached hydrogen (secondary N) is 9. The molecule has 0 aromatic carbocycles. The number of unbranched alkanes of at least 4 members (excludes halogenated alkanes) is 2. The standard InChI is InChI=1S/C52H100N16O12/c1-11-31(8)41(50(78)63-34(18-13-15-21-54)46(74)68-42(32(9)69)51(79)66-38(25-30(6)7)48(76)64-36(43(56)71)23-28(2)3)67-45(73)35(19-16-22-59-52(57)58)61-44(72)33(17-12-14-20-53)62-47(75)37(24-29(4)5)65-49(77)39(27-80-10)60-40(70)26-55/h28-39,41-42,69H,11-27,53-55H2,1-10H3,(H2,56,71)(H,60,70)(H,61,72)(H,62,75)(H,63,78)(H,64,76)(H,65,77)(H,66,79)(H,67,73)(H,68,74)(H4,57,58,59)/t31-,32+,33-,34-,35-,36-,37-,38-,39-,41-,42-/m0/s1. The number of aliphatic hydroxyl groups excluding tert-OH is 1. The number of amides is 10. The number of nitrogens with zero attached hydrogens (tertiary/aromatic N) is 1. The number of carbonyl (C=O) groups is 10. The van der Waals surface area contributed by atoms with Crippen LogP contribution in [-0.4, -0.2) is 171 Å². The lowest BCUT2D eigenvalue weighted by Crippen LogP contribution is -2.62. The van der Waals surface area contributed by atoms with Crippen molar-refractivity contribution in [2.45, 2.75) is 200 Å². The molecule has 0 unspecified atom stereocenters. The lowest BCUT2D eigenvalue weighted by molar-refractivity contribution is -0.137. The number of hydrogen-bond acceptors (Lipinski definition) is 16. The Morgan fingerprint density at radius 1 is 0.463 bits per heavy atom. The maximum absolute atomic E-state index is 14.5. The van der Waals surface area contributed by atoms with Crippen LogP contribution in [0.25, 0.3) is 0 Å². The van der Waals surface area contributed by atoms with E-state index in [0.29, 0.717) is 32.1 Å². The predicted octanol–water partition coefficient (Wildman–Crippen LogP) is -3.68. The fourth-order valence-electron chi connectivity index (χ4n) is 8.25. The number of guanidine groups is 1. The summed E-state index contributed by atoms with van der Waals surface area (Å²) in [7, 11) is 1.32. The van der Waals surface area contributed by atoms with Crippen molar-refractivity contribution in [1.82, 2.24) is 47.9 Å². The molecule has 0 fully saturated rings. The Labute approximate surface area is 472 Å². The third kappa shape index (κ3) is 29.8. The molecular formula is C52H100N16O12. The number of rotatable bonds is 42. The molecule has 22 N–H and O–H groups in total. The number of primary amides is 1. The van der Waals surface area contributed by atoms with Crippen LogP contribution in [0.15, 0.2) is 4.99 Å². The Bertz CT molecular complexity index is 1990. The second kappa shape index (κ2) is 40.0. The molecule has 0 radical (unpaired) electrons. The third-order valence-corrected chi connectivity index (χ3v) is 12.8. The second-order valence-corrected chi connectivity index (χ2v) is 21.6. The van der Waals surface area contributed by atoms with Gasteiger partial charge in [-0.25, -0.2) is 0 Å². The van der Waals surface area contributed by atoms with Crippen molar-refractivity contribution < 1.29 is 57.8 Å². The van der Waals surface area contributed by atoms with Crippen LogP contribution in [0.3, 0.4) is 0 Å². The van der Waals surface area contributed by atoms with E-state index < -0.39 is 132 Å². The monoisotopic (exact) mass is 1140 g/mol. The Hall–Kier alpha value is -6.23. The second-order valence-electron chi connectivity index (χ2n) is 21.6. The molecular weight excluding hydrogens is 1040 g/mol. The Morgan fingerprint density at radius 2 is 0.825 bits per heavy atom. The maximum atomic E-state index is 14.5. The highest BCUT2D eigenvalue weighted by Gasteiger charge is 2.37. The highest BCUT2D eigenvalue weighted by Crippen LogP contribution is 2.15. The van der Waals surface area contributed by atoms with Crippen molar-refractivity contribution in [3.63, 3.8) is 0 Å². The highest BCUT2D eigenvalue weighted by molar-refractivity contribution is 5.98. The summed E-state index contributed by atoms with van der Waals surface area (Å²) in [6, 6.07) is -11.5. The molecule has 28 heteroatoms. The first-order valence-electron chi connectivity index (χ1n) is 27.9. The largest absolute Gasteiger partial charge is 0.391 e. The van der Waals surface area contributed by atoms with Crippen molar-refractivity contribution >= 4 is 65.0 Å². The Kier molecular flexibility index (Phi) is 36.9. The molecule has 0 heterocycles. The molecule has 0 saturated heterocycles. The van der Waals surface area contributed by atoms with Crippen LogP contribution in [0.4, 0.5) is 0 Å². The van der Waals surface area contributed by atoms with Gasteiger partial charge in [0, 0.05) is 13.7 Å². The van der Waals surface area contributed by atoms with E-state index in [1.807, 2.05) is 41.5 Å². The molecule has 28 nitrogen and oxygen atoms in total. The summed E-state index contributed by atoms with van der Waals surface area (Å²) >= 11 is 0. The van der Waals surface area contributed by atoms with Gasteiger partial charge in [0.05, 0.1) is 19.3 Å². The summed E-state index contributed by atoms with van der Waals surface area (Å²) in [6.45, 7) is 15.6. The molecule has 460 valence electrons. The van der Waals surface area contributed by atoms with Gasteiger partial charge in [-0.1, -0.05) is 61.8 Å². The molecule has 0 aliphatic carbocycles. The summed E-state index contributed by atoms with van der Waals surface area (Å²) in [4.78, 5) is 141. The van der Waals surface area contributed by atoms with Gasteiger partial charge in [-0.15, -0.1) is 0 Å². The molecule has 0 saturated carbocycles. The van der Waals surface area contributed by atoms with Gasteiger partial charge in [0.15, 0.2) is 5.96 Å². The molecule has 10 amide bonds. The summed E-state index contributed by atoms with van der Waals surface area (Å²) in [5, 5.41) is 34.6. The van der Waals surface area contributed by atoms with Crippen LogP contribution in [-0.2, 0) is 52.7 Å². The molecule has 0 bridgehead atoms. The van der Waals surface area contributed by atoms with Crippen molar-refractivity contribution in [1.29, 1.82) is 0 Å². The topological polar surface area (TPSA) is 477 Å². The van der Waals surface area contributed by atoms with Crippen molar-refractivity contribution in [3.8, 4) is 0 Å². The van der Waals surface area contributed by atoms with Crippen LogP contribution < -0.4 is 82.3 Å². The number of carbonyl (C=O) groups excluding carboxylic acids is 10. The highest BCUT2D eigenvalue weighted by atomic mass is 16.5. The minimum Gasteiger partial charge on any atom is -0.391 e. The maximum Gasteiger partial charge on any atom is 0.245 e. The van der Waals surface area contributed by atoms with Crippen molar-refractivity contribution in [3.05, 3.63) is 0 Å². The molecule has 11 atom stereocenters. The average molecular weight is 1140 g/mol. The number of aliphatic imine (C=N–C) groups is 1. The smallest absolute Gasteiger partial charge is 0.245 e. The van der Waals surface area contributed by atoms with Gasteiger partial charge >= 0.3 is 0 Å². The number of aliphatic hydroxyl groups is 1. The normalized spacial score (nSPS) is 15.5. The van der Waals surface area contributed by atoms with Crippen LogP contribution in [0.2, 0.25) is 0 Å². The first kappa shape index (κ1) is 73.8. The molecule has 0 aliphatic heterocycles. The minimum atomic E-state index is -1.64. The van der Waals surface area contributed by atoms with Gasteiger partial charge in [0.25, 0.3) is 0 Å². The molecule has 0 spiro atoms. The molecule has 80 heavy (non-hydrogen) atoms. The first-order chi connectivity index (χ1) is 37.6. The van der Waals surface area contributed by atoms with E-state index in [1.54, 1.807) is 13.8 Å². The van der Waals surface area contributed by atoms with Gasteiger partial charge in [0.1, 0.15) is 54.4 Å². The van der Waals surface area contributed by atoms with E-state index in [4.69, 9.17) is 39.1 Å². The van der Waals surface area contributed by atoms with Gasteiger partial charge in [-0.05, 0) is 114 Å². The third-order valence-electron chi connectivity index (χ3n) is 12.8. The molecule has 0 aliphatic rings. The summed E-state index contributed by atoms with van der Waals surface area (Å²) in [5.41, 5.74) is 33.7. The average Bonchev–Trinajstić information content (AvgIpc) is 3.37. The lowest BCUT2D eigenvalue weighted by atomic mass is 9.96. The number of hydrogen-bond donors (Lipinski definition) is 16. The fourth-order valence-corrected chi connectivity index (χ4v) is 8.25. The zero-order chi connectivity index (χ0) is 61.2. The van der Waals surface area contributed by atoms with Crippen LogP contribution in [0, 0.1) is 23.7 Å². The SMILES string of the molecule is CC[C@H](C)[C@H](NC(=O)[C@H](CCCN=C(N)N)NC(=O)[C@H](CCCCN)NC(=O)[C@H](CC(C)C)NC(=O)[C@H](COC)NC(=O)CN)C(=O)N[C@@H](CCCCN)C(=O)N[C@H](C(=O)N[C@@H](CC(C)C)C(=O)N[C@@H](CC(C)C)C(N)=O)[C@@H](C)O. The van der Waals surface area contributed by atoms with E-state index >= 15 is 0 Å². The van der Waals surface area contributed by atoms with Gasteiger partial charge in [-0.3, -0.25) is 52.9 Å². The minimum absolute atomic E-state index is 0.00701. The van der Waals surface area contributed by atoms with Gasteiger partial charge in [0.2, 0.25) is 59.1 Å². The van der Waals surface area contributed by atoms with E-state index in [-0.39, 0.29) is 94.9 Å². The van der Waals surface area contributed by atoms with Gasteiger partial charge < -0.3 is 92.1 Å². The number of methoxy groups -OCH3 is 1. The van der Waals surface area contributed by atoms with Crippen LogP contribution in [0.5, 0.6) is 0 Å². The molecule has 0 aromatic rings. The van der Waals surface area contributed by atoms with Crippen LogP contribution >= 0.6 is 0 Å². The van der Waals surface area contributed by atoms with E-state index in [0.717, 1.165) is 0 Å². The summed E-state index contributed by atoms with van der Waals surface area (Å²) in [5.74, 6) is -8.84. The van der Waals surface area contributed by atoms with Crippen molar-refractivity contribution in [2.75, 3.05) is 39.9 Å². The zero-order valence-electron chi connectivity index (χ0n) is 49.0. The van der Waals surface area contributed by atoms with E-state index in [9.17, 15) is 53.1 Å². The summed E-state index contributed by atoms with van der Waals surface area (Å²) < 4.78 is 5.10. The molecule has 0 rings (SSSR count). The number of nitrogens with two attached hydrogens (primary N) is 6. The van der Waals surface area contributed by atoms with E-state index in [1.165, 1.54) is 14.0 Å². The predicted molar refractivity (Wildman–Crippen MR) is 303 cm³/mol. The van der Waals surface area contributed by atoms with Gasteiger partial charge in [-0.2, -0.15) is 0 Å². The van der Waals surface area contributed by atoms with Crippen LogP contribution in [0.1, 0.15) is 139 Å². The quantitative estimate of drug-likeness (QED) is 0.0159. The summed E-state index contributed by atoms with van der Waals surface area (Å²) in [6.07, 6.45) is 1.07.